The molecule has 6 nitrogen and oxygen atoms in total. The smallest absolute Gasteiger partial charge is 0.399 e. The van der Waals surface area contributed by atoms with Crippen LogP contribution in [0, 0.1) is 13.8 Å². The van der Waals surface area contributed by atoms with E-state index in [1.165, 1.54) is 16.7 Å². The number of rotatable bonds is 7. The molecule has 2 aromatic heterocycles. The molecule has 4 heterocycles. The average molecular weight is 602 g/mol. The minimum atomic E-state index is -0.492. The minimum Gasteiger partial charge on any atom is -0.399 e. The van der Waals surface area contributed by atoms with Gasteiger partial charge in [0.25, 0.3) is 0 Å². The first-order valence-corrected chi connectivity index (χ1v) is 16.0. The van der Waals surface area contributed by atoms with Gasteiger partial charge in [-0.05, 0) is 138 Å². The van der Waals surface area contributed by atoms with E-state index in [2.05, 4.69) is 128 Å². The zero-order valence-corrected chi connectivity index (χ0v) is 28.1. The average Bonchev–Trinajstić information content (AvgIpc) is 3.37. The Morgan fingerprint density at radius 3 is 1.89 bits per heavy atom. The fourth-order valence-electron chi connectivity index (χ4n) is 6.17. The van der Waals surface area contributed by atoms with Crippen LogP contribution < -0.4 is 10.9 Å². The number of benzene rings is 2. The predicted octanol–water partition coefficient (Wildman–Crippen LogP) is 6.64. The molecular weight excluding hydrogens is 558 g/mol. The normalized spacial score (nSPS) is 21.8. The zero-order valence-electron chi connectivity index (χ0n) is 28.1. The van der Waals surface area contributed by atoms with Crippen molar-refractivity contribution in [3.63, 3.8) is 0 Å². The van der Waals surface area contributed by atoms with Gasteiger partial charge in [-0.3, -0.25) is 9.97 Å². The highest BCUT2D eigenvalue weighted by Gasteiger charge is 2.54. The predicted molar refractivity (Wildman–Crippen MR) is 183 cm³/mol. The first-order chi connectivity index (χ1) is 21.2. The summed E-state index contributed by atoms with van der Waals surface area (Å²) in [6, 6.07) is 21.2. The topological polar surface area (TPSA) is 62.7 Å². The highest BCUT2D eigenvalue weighted by atomic mass is 16.7. The van der Waals surface area contributed by atoms with Crippen LogP contribution in [0.5, 0.6) is 0 Å². The van der Waals surface area contributed by atoms with E-state index >= 15 is 0 Å². The van der Waals surface area contributed by atoms with E-state index in [-0.39, 0.29) is 18.3 Å². The molecule has 8 heteroatoms. The van der Waals surface area contributed by atoms with E-state index in [1.807, 2.05) is 18.6 Å². The van der Waals surface area contributed by atoms with Crippen molar-refractivity contribution < 1.29 is 18.6 Å². The van der Waals surface area contributed by atoms with Crippen LogP contribution in [0.4, 0.5) is 0 Å². The lowest BCUT2D eigenvalue weighted by molar-refractivity contribution is -0.0154. The summed E-state index contributed by atoms with van der Waals surface area (Å²) in [5, 5.41) is 0. The van der Waals surface area contributed by atoms with Gasteiger partial charge in [-0.1, -0.05) is 42.5 Å². The van der Waals surface area contributed by atoms with Crippen molar-refractivity contribution in [1.82, 2.24) is 9.97 Å². The summed E-state index contributed by atoms with van der Waals surface area (Å²) in [6.07, 6.45) is 7.19. The molecule has 6 rings (SSSR count). The van der Waals surface area contributed by atoms with Gasteiger partial charge in [0.1, 0.15) is 0 Å². The summed E-state index contributed by atoms with van der Waals surface area (Å²) in [5.41, 5.74) is 8.39. The number of hydrogen-bond acceptors (Lipinski definition) is 6. The van der Waals surface area contributed by atoms with Crippen LogP contribution in [0.15, 0.2) is 79.3 Å². The van der Waals surface area contributed by atoms with Crippen LogP contribution in [-0.2, 0) is 25.0 Å². The Morgan fingerprint density at radius 1 is 0.600 bits per heavy atom. The SMILES string of the molecule is Cc1cnccc1-c1ccc(B2OC(C)(C)C(C)(CCc3cc(-c4ccc(B5OC(C)(C)C(C)(C)O5)cc4)ccn3)O2)cc1C. The first kappa shape index (κ1) is 31.7. The highest BCUT2D eigenvalue weighted by Crippen LogP contribution is 2.41. The van der Waals surface area contributed by atoms with Crippen LogP contribution in [0.3, 0.4) is 0 Å². The number of nitrogens with zero attached hydrogens (tertiary/aromatic N) is 2. The lowest BCUT2D eigenvalue weighted by atomic mass is 9.77. The molecule has 2 fully saturated rings. The van der Waals surface area contributed by atoms with Crippen LogP contribution >= 0.6 is 0 Å². The molecule has 1 atom stereocenters. The third-order valence-electron chi connectivity index (χ3n) is 10.3. The summed E-state index contributed by atoms with van der Waals surface area (Å²) in [4.78, 5) is 8.95. The van der Waals surface area contributed by atoms with E-state index in [0.717, 1.165) is 46.2 Å². The first-order valence-electron chi connectivity index (χ1n) is 16.0. The second kappa shape index (κ2) is 11.5. The van der Waals surface area contributed by atoms with Crippen LogP contribution in [0.1, 0.15) is 71.7 Å². The van der Waals surface area contributed by atoms with Gasteiger partial charge in [0, 0.05) is 24.3 Å². The molecule has 2 aromatic carbocycles. The number of aryl methyl sites for hydroxylation is 3. The second-order valence-corrected chi connectivity index (χ2v) is 14.3. The van der Waals surface area contributed by atoms with E-state index in [4.69, 9.17) is 23.6 Å². The van der Waals surface area contributed by atoms with Crippen LogP contribution in [-0.4, -0.2) is 46.6 Å². The van der Waals surface area contributed by atoms with E-state index in [0.29, 0.717) is 0 Å². The Hall–Kier alpha value is -3.29. The molecule has 232 valence electrons. The van der Waals surface area contributed by atoms with Gasteiger partial charge in [-0.25, -0.2) is 0 Å². The highest BCUT2D eigenvalue weighted by molar-refractivity contribution is 6.62. The molecule has 0 radical (unpaired) electrons. The Labute approximate surface area is 269 Å². The standard InChI is InChI=1S/C37H44B2N2O4/c1-25-22-30(14-15-32(25)33-18-20-40-24-26(33)2)39-44-36(7,8)37(9,45-39)19-16-31-23-28(17-21-41-31)27-10-12-29(13-11-27)38-42-34(3,4)35(5,6)43-38/h10-15,17-18,20-24H,16,19H2,1-9H3. The van der Waals surface area contributed by atoms with Crippen LogP contribution in [0.2, 0.25) is 0 Å². The molecule has 4 aromatic rings. The molecule has 2 aliphatic heterocycles. The van der Waals surface area contributed by atoms with Crippen molar-refractivity contribution in [2.24, 2.45) is 0 Å². The molecule has 2 saturated heterocycles. The monoisotopic (exact) mass is 602 g/mol. The van der Waals surface area contributed by atoms with Crippen molar-refractivity contribution in [3.05, 3.63) is 96.1 Å². The summed E-state index contributed by atoms with van der Waals surface area (Å²) < 4.78 is 25.8. The maximum absolute atomic E-state index is 6.72. The summed E-state index contributed by atoms with van der Waals surface area (Å²) in [6.45, 7) is 19.0. The Balaban J connectivity index is 1.13. The maximum Gasteiger partial charge on any atom is 0.494 e. The Bertz CT molecular complexity index is 1690. The molecule has 1 unspecified atom stereocenters. The summed E-state index contributed by atoms with van der Waals surface area (Å²) in [5.74, 6) is 0. The van der Waals surface area contributed by atoms with Gasteiger partial charge in [0.2, 0.25) is 0 Å². The van der Waals surface area contributed by atoms with E-state index in [9.17, 15) is 0 Å². The third-order valence-corrected chi connectivity index (χ3v) is 10.3. The molecule has 2 aliphatic rings. The van der Waals surface area contributed by atoms with Gasteiger partial charge < -0.3 is 18.6 Å². The quantitative estimate of drug-likeness (QED) is 0.221. The summed E-state index contributed by atoms with van der Waals surface area (Å²) >= 11 is 0. The number of hydrogen-bond donors (Lipinski definition) is 0. The van der Waals surface area contributed by atoms with Crippen molar-refractivity contribution in [3.8, 4) is 22.3 Å². The minimum absolute atomic E-state index is 0.362. The third kappa shape index (κ3) is 6.01. The van der Waals surface area contributed by atoms with Gasteiger partial charge in [-0.2, -0.15) is 0 Å². The van der Waals surface area contributed by atoms with Crippen molar-refractivity contribution in [1.29, 1.82) is 0 Å². The lowest BCUT2D eigenvalue weighted by Gasteiger charge is -2.36. The van der Waals surface area contributed by atoms with Crippen LogP contribution in [0.25, 0.3) is 22.3 Å². The Kier molecular flexibility index (Phi) is 8.10. The van der Waals surface area contributed by atoms with Gasteiger partial charge in [0.05, 0.1) is 22.4 Å². The van der Waals surface area contributed by atoms with Crippen molar-refractivity contribution in [2.45, 2.75) is 97.6 Å². The molecule has 0 saturated carbocycles. The van der Waals surface area contributed by atoms with E-state index in [1.54, 1.807) is 0 Å². The van der Waals surface area contributed by atoms with Gasteiger partial charge >= 0.3 is 14.2 Å². The fourth-order valence-corrected chi connectivity index (χ4v) is 6.17. The molecular formula is C37H44B2N2O4. The van der Waals surface area contributed by atoms with E-state index < -0.39 is 18.3 Å². The molecule has 0 aliphatic carbocycles. The molecule has 0 bridgehead atoms. The molecule has 0 N–H and O–H groups in total. The maximum atomic E-state index is 6.72. The van der Waals surface area contributed by atoms with Gasteiger partial charge in [0.15, 0.2) is 0 Å². The van der Waals surface area contributed by atoms with Crippen molar-refractivity contribution >= 4 is 25.2 Å². The Morgan fingerprint density at radius 2 is 1.22 bits per heavy atom. The molecule has 0 spiro atoms. The molecule has 0 amide bonds. The van der Waals surface area contributed by atoms with Crippen molar-refractivity contribution in [2.75, 3.05) is 0 Å². The summed E-state index contributed by atoms with van der Waals surface area (Å²) in [7, 11) is -0.802. The van der Waals surface area contributed by atoms with Gasteiger partial charge in [-0.15, -0.1) is 0 Å². The zero-order chi connectivity index (χ0) is 32.2. The largest absolute Gasteiger partial charge is 0.494 e. The fraction of sp³-hybridized carbons (Fsp3) is 0.405. The number of pyridine rings is 2. The second-order valence-electron chi connectivity index (χ2n) is 14.3. The number of aromatic nitrogens is 2. The lowest BCUT2D eigenvalue weighted by Crippen LogP contribution is -2.45. The molecule has 45 heavy (non-hydrogen) atoms.